The van der Waals surface area contributed by atoms with Crippen molar-refractivity contribution in [1.82, 2.24) is 10.6 Å². The summed E-state index contributed by atoms with van der Waals surface area (Å²) in [6.07, 6.45) is 2.33. The van der Waals surface area contributed by atoms with Crippen molar-refractivity contribution < 1.29 is 14.6 Å². The fraction of sp³-hybridized carbons (Fsp3) is 0.917. The third kappa shape index (κ3) is 7.20. The Kier molecular flexibility index (Phi) is 8.41. The van der Waals surface area contributed by atoms with Crippen molar-refractivity contribution in [2.24, 2.45) is 0 Å². The number of aliphatic hydroxyl groups is 1. The molecular weight excluding hydrogens is 252 g/mol. The van der Waals surface area contributed by atoms with E-state index in [1.165, 1.54) is 0 Å². The zero-order valence-electron chi connectivity index (χ0n) is 11.0. The molecule has 0 radical (unpaired) electrons. The van der Waals surface area contributed by atoms with Gasteiger partial charge < -0.3 is 20.5 Å². The highest BCUT2D eigenvalue weighted by atomic mass is 32.2. The van der Waals surface area contributed by atoms with E-state index >= 15 is 0 Å². The van der Waals surface area contributed by atoms with E-state index in [-0.39, 0.29) is 5.91 Å². The Morgan fingerprint density at radius 1 is 1.56 bits per heavy atom. The molecule has 0 aliphatic carbocycles. The maximum Gasteiger partial charge on any atom is 0.230 e. The number of piperidine rings is 1. The highest BCUT2D eigenvalue weighted by Crippen LogP contribution is 2.19. The van der Waals surface area contributed by atoms with E-state index in [9.17, 15) is 9.90 Å². The standard InChI is InChI=1S/C12H24N2O3S/c1-17-8-10(15)2-7-14-12(16)9-18-11-3-5-13-6-4-11/h10-11,13,15H,2-9H2,1H3,(H,14,16). The molecule has 1 rings (SSSR count). The van der Waals surface area contributed by atoms with Crippen molar-refractivity contribution in [3.05, 3.63) is 0 Å². The van der Waals surface area contributed by atoms with Gasteiger partial charge in [-0.2, -0.15) is 0 Å². The van der Waals surface area contributed by atoms with Crippen LogP contribution in [0.1, 0.15) is 19.3 Å². The molecule has 1 unspecified atom stereocenters. The number of carbonyl (C=O) groups excluding carboxylic acids is 1. The average Bonchev–Trinajstić information content (AvgIpc) is 2.38. The van der Waals surface area contributed by atoms with E-state index in [1.54, 1.807) is 18.9 Å². The Bertz CT molecular complexity index is 235. The van der Waals surface area contributed by atoms with Gasteiger partial charge in [0.15, 0.2) is 0 Å². The molecule has 6 heteroatoms. The summed E-state index contributed by atoms with van der Waals surface area (Å²) in [5.41, 5.74) is 0. The van der Waals surface area contributed by atoms with E-state index in [0.717, 1.165) is 25.9 Å². The Balaban J connectivity index is 1.99. The third-order valence-electron chi connectivity index (χ3n) is 2.90. The van der Waals surface area contributed by atoms with Crippen LogP contribution >= 0.6 is 11.8 Å². The maximum absolute atomic E-state index is 11.6. The maximum atomic E-state index is 11.6. The van der Waals surface area contributed by atoms with Gasteiger partial charge in [0.05, 0.1) is 18.5 Å². The van der Waals surface area contributed by atoms with Crippen LogP contribution in [0.2, 0.25) is 0 Å². The van der Waals surface area contributed by atoms with E-state index < -0.39 is 6.10 Å². The predicted octanol–water partition coefficient (Wildman–Crippen LogP) is -0.0148. The monoisotopic (exact) mass is 276 g/mol. The fourth-order valence-electron chi connectivity index (χ4n) is 1.86. The minimum absolute atomic E-state index is 0.0585. The number of amides is 1. The largest absolute Gasteiger partial charge is 0.391 e. The van der Waals surface area contributed by atoms with Gasteiger partial charge in [0.2, 0.25) is 5.91 Å². The smallest absolute Gasteiger partial charge is 0.230 e. The molecule has 1 atom stereocenters. The first-order valence-corrected chi connectivity index (χ1v) is 7.53. The molecule has 0 aromatic heterocycles. The number of methoxy groups -OCH3 is 1. The van der Waals surface area contributed by atoms with Crippen molar-refractivity contribution in [3.63, 3.8) is 0 Å². The molecule has 1 saturated heterocycles. The van der Waals surface area contributed by atoms with Gasteiger partial charge in [0.25, 0.3) is 0 Å². The van der Waals surface area contributed by atoms with Crippen molar-refractivity contribution in [3.8, 4) is 0 Å². The summed E-state index contributed by atoms with van der Waals surface area (Å²) in [6.45, 7) is 2.95. The van der Waals surface area contributed by atoms with Crippen LogP contribution in [0.25, 0.3) is 0 Å². The molecule has 3 N–H and O–H groups in total. The number of nitrogens with one attached hydrogen (secondary N) is 2. The molecule has 1 aliphatic rings. The molecule has 1 heterocycles. The molecule has 18 heavy (non-hydrogen) atoms. The minimum atomic E-state index is -0.493. The van der Waals surface area contributed by atoms with Crippen LogP contribution in [-0.4, -0.2) is 61.5 Å². The highest BCUT2D eigenvalue weighted by molar-refractivity contribution is 8.00. The lowest BCUT2D eigenvalue weighted by Crippen LogP contribution is -2.32. The van der Waals surface area contributed by atoms with Crippen molar-refractivity contribution in [1.29, 1.82) is 0 Å². The number of rotatable bonds is 8. The second kappa shape index (κ2) is 9.61. The first kappa shape index (κ1) is 15.8. The van der Waals surface area contributed by atoms with Crippen LogP contribution in [-0.2, 0) is 9.53 Å². The molecule has 0 spiro atoms. The second-order valence-corrected chi connectivity index (χ2v) is 5.80. The Morgan fingerprint density at radius 3 is 2.94 bits per heavy atom. The summed E-state index contributed by atoms with van der Waals surface area (Å²) in [5.74, 6) is 0.577. The van der Waals surface area contributed by atoms with Gasteiger partial charge >= 0.3 is 0 Å². The molecule has 0 aromatic carbocycles. The van der Waals surface area contributed by atoms with Gasteiger partial charge in [-0.3, -0.25) is 4.79 Å². The zero-order valence-corrected chi connectivity index (χ0v) is 11.8. The molecule has 106 valence electrons. The van der Waals surface area contributed by atoms with Crippen LogP contribution in [0.3, 0.4) is 0 Å². The minimum Gasteiger partial charge on any atom is -0.391 e. The SMILES string of the molecule is COCC(O)CCNC(=O)CSC1CCNCC1. The number of thioether (sulfide) groups is 1. The highest BCUT2D eigenvalue weighted by Gasteiger charge is 2.14. The van der Waals surface area contributed by atoms with Crippen LogP contribution in [0.5, 0.6) is 0 Å². The molecule has 0 bridgehead atoms. The van der Waals surface area contributed by atoms with Crippen molar-refractivity contribution >= 4 is 17.7 Å². The quantitative estimate of drug-likeness (QED) is 0.581. The normalized spacial score (nSPS) is 18.6. The van der Waals surface area contributed by atoms with Crippen LogP contribution in [0.4, 0.5) is 0 Å². The Labute approximate surface area is 113 Å². The second-order valence-electron chi connectivity index (χ2n) is 4.51. The summed E-state index contributed by atoms with van der Waals surface area (Å²) in [6, 6.07) is 0. The average molecular weight is 276 g/mol. The number of carbonyl (C=O) groups is 1. The molecule has 0 aromatic rings. The van der Waals surface area contributed by atoms with Gasteiger partial charge in [0, 0.05) is 18.9 Å². The first-order chi connectivity index (χ1) is 8.72. The van der Waals surface area contributed by atoms with Crippen LogP contribution in [0.15, 0.2) is 0 Å². The molecule has 1 aliphatic heterocycles. The summed E-state index contributed by atoms with van der Waals surface area (Å²) >= 11 is 1.74. The topological polar surface area (TPSA) is 70.6 Å². The summed E-state index contributed by atoms with van der Waals surface area (Å²) in [5, 5.41) is 16.1. The predicted molar refractivity (Wildman–Crippen MR) is 73.9 cm³/mol. The zero-order chi connectivity index (χ0) is 13.2. The lowest BCUT2D eigenvalue weighted by molar-refractivity contribution is -0.118. The number of aliphatic hydroxyl groups excluding tert-OH is 1. The van der Waals surface area contributed by atoms with Gasteiger partial charge in [-0.15, -0.1) is 11.8 Å². The van der Waals surface area contributed by atoms with E-state index in [1.807, 2.05) is 0 Å². The van der Waals surface area contributed by atoms with Crippen LogP contribution in [0, 0.1) is 0 Å². The fourth-order valence-corrected chi connectivity index (χ4v) is 2.92. The lowest BCUT2D eigenvalue weighted by atomic mass is 10.2. The molecular formula is C12H24N2O3S. The van der Waals surface area contributed by atoms with Crippen molar-refractivity contribution in [2.75, 3.05) is 39.1 Å². The van der Waals surface area contributed by atoms with E-state index in [0.29, 0.717) is 30.6 Å². The molecule has 1 amide bonds. The van der Waals surface area contributed by atoms with Gasteiger partial charge in [-0.05, 0) is 32.4 Å². The number of hydrogen-bond donors (Lipinski definition) is 3. The van der Waals surface area contributed by atoms with Crippen LogP contribution < -0.4 is 10.6 Å². The van der Waals surface area contributed by atoms with Gasteiger partial charge in [0.1, 0.15) is 0 Å². The Morgan fingerprint density at radius 2 is 2.28 bits per heavy atom. The lowest BCUT2D eigenvalue weighted by Gasteiger charge is -2.21. The molecule has 0 saturated carbocycles. The first-order valence-electron chi connectivity index (χ1n) is 6.48. The van der Waals surface area contributed by atoms with Gasteiger partial charge in [-0.1, -0.05) is 0 Å². The summed E-state index contributed by atoms with van der Waals surface area (Å²) in [4.78, 5) is 11.6. The number of ether oxygens (including phenoxy) is 1. The third-order valence-corrected chi connectivity index (χ3v) is 4.27. The summed E-state index contributed by atoms with van der Waals surface area (Å²) < 4.78 is 4.82. The molecule has 5 nitrogen and oxygen atoms in total. The van der Waals surface area contributed by atoms with E-state index in [2.05, 4.69) is 10.6 Å². The molecule has 1 fully saturated rings. The Hall–Kier alpha value is -0.300. The van der Waals surface area contributed by atoms with Gasteiger partial charge in [-0.25, -0.2) is 0 Å². The summed E-state index contributed by atoms with van der Waals surface area (Å²) in [7, 11) is 1.55. The van der Waals surface area contributed by atoms with E-state index in [4.69, 9.17) is 4.74 Å². The van der Waals surface area contributed by atoms with Crippen molar-refractivity contribution in [2.45, 2.75) is 30.6 Å². The number of hydrogen-bond acceptors (Lipinski definition) is 5.